The Morgan fingerprint density at radius 1 is 1.13 bits per heavy atom. The van der Waals surface area contributed by atoms with Gasteiger partial charge in [0.05, 0.1) is 0 Å². The van der Waals surface area contributed by atoms with Crippen LogP contribution >= 0.6 is 11.6 Å². The summed E-state index contributed by atoms with van der Waals surface area (Å²) >= 11 is 5.82. The second kappa shape index (κ2) is 5.75. The molecule has 0 spiro atoms. The molecule has 1 aliphatic heterocycles. The fourth-order valence-corrected chi connectivity index (χ4v) is 3.27. The molecule has 1 N–H and O–H groups in total. The number of ether oxygens (including phenoxy) is 2. The first-order valence-corrected chi connectivity index (χ1v) is 8.54. The number of aryl methyl sites for hydroxylation is 1. The molecule has 0 aromatic heterocycles. The maximum absolute atomic E-state index is 12.3. The Bertz CT molecular complexity index is 856. The van der Waals surface area contributed by atoms with Gasteiger partial charge in [-0.05, 0) is 42.8 Å². The highest BCUT2D eigenvalue weighted by atomic mass is 35.5. The number of carbonyl (C=O) groups is 1. The van der Waals surface area contributed by atoms with Crippen LogP contribution in [0.2, 0.25) is 5.02 Å². The van der Waals surface area contributed by atoms with Crippen LogP contribution in [0, 0.1) is 6.92 Å². The van der Waals surface area contributed by atoms with E-state index in [1.807, 2.05) is 4.72 Å². The van der Waals surface area contributed by atoms with Gasteiger partial charge in [0.15, 0.2) is 11.5 Å². The van der Waals surface area contributed by atoms with Crippen LogP contribution in [0.15, 0.2) is 42.5 Å². The van der Waals surface area contributed by atoms with E-state index < -0.39 is 21.6 Å². The van der Waals surface area contributed by atoms with Crippen LogP contribution < -0.4 is 14.2 Å². The highest BCUT2D eigenvalue weighted by Crippen LogP contribution is 2.35. The first-order valence-electron chi connectivity index (χ1n) is 6.61. The average molecular weight is 354 g/mol. The average Bonchev–Trinajstić information content (AvgIpc) is 2.91. The molecule has 2 aromatic carbocycles. The third-order valence-corrected chi connectivity index (χ3v) is 4.62. The van der Waals surface area contributed by atoms with Gasteiger partial charge < -0.3 is 9.47 Å². The second-order valence-electron chi connectivity index (χ2n) is 4.91. The zero-order valence-electron chi connectivity index (χ0n) is 11.9. The minimum absolute atomic E-state index is 0.202. The van der Waals surface area contributed by atoms with E-state index in [-0.39, 0.29) is 5.56 Å². The van der Waals surface area contributed by atoms with Crippen LogP contribution in [0.3, 0.4) is 0 Å². The number of sulfonamides is 1. The first-order chi connectivity index (χ1) is 10.9. The van der Waals surface area contributed by atoms with Crippen LogP contribution in [0.4, 0.5) is 0 Å². The van der Waals surface area contributed by atoms with E-state index in [1.54, 1.807) is 37.3 Å². The molecule has 0 radical (unpaired) electrons. The number of carbonyl (C=O) groups excluding carboxylic acids is 1. The Morgan fingerprint density at radius 3 is 2.30 bits per heavy atom. The quantitative estimate of drug-likeness (QED) is 0.916. The number of para-hydroxylation sites is 2. The molecule has 3 rings (SSSR count). The molecule has 0 fully saturated rings. The van der Waals surface area contributed by atoms with E-state index in [0.717, 1.165) is 0 Å². The molecule has 23 heavy (non-hydrogen) atoms. The largest absolute Gasteiger partial charge is 0.437 e. The maximum atomic E-state index is 12.3. The van der Waals surface area contributed by atoms with Crippen LogP contribution in [0.1, 0.15) is 15.9 Å². The smallest absolute Gasteiger partial charge is 0.365 e. The predicted molar refractivity (Wildman–Crippen MR) is 84.1 cm³/mol. The zero-order valence-corrected chi connectivity index (χ0v) is 13.5. The van der Waals surface area contributed by atoms with Crippen molar-refractivity contribution >= 4 is 27.5 Å². The Kier molecular flexibility index (Phi) is 3.91. The fourth-order valence-electron chi connectivity index (χ4n) is 2.12. The number of hydrogen-bond donors (Lipinski definition) is 1. The van der Waals surface area contributed by atoms with Gasteiger partial charge in [-0.1, -0.05) is 23.7 Å². The van der Waals surface area contributed by atoms with Gasteiger partial charge in [-0.15, -0.1) is 0 Å². The maximum Gasteiger partial charge on any atom is 0.365 e. The van der Waals surface area contributed by atoms with E-state index in [0.29, 0.717) is 22.1 Å². The van der Waals surface area contributed by atoms with Crippen molar-refractivity contribution in [1.82, 2.24) is 4.72 Å². The summed E-state index contributed by atoms with van der Waals surface area (Å²) in [5, 5.41) is 0.458. The lowest BCUT2D eigenvalue weighted by molar-refractivity contribution is 0.0959. The summed E-state index contributed by atoms with van der Waals surface area (Å²) < 4.78 is 36.9. The molecule has 1 aliphatic rings. The van der Waals surface area contributed by atoms with Crippen molar-refractivity contribution in [2.24, 2.45) is 0 Å². The summed E-state index contributed by atoms with van der Waals surface area (Å²) in [7, 11) is -4.18. The number of rotatable bonds is 3. The molecule has 0 bridgehead atoms. The number of nitrogens with one attached hydrogen (secondary N) is 1. The normalized spacial score (nSPS) is 13.8. The van der Waals surface area contributed by atoms with Gasteiger partial charge in [-0.3, -0.25) is 4.79 Å². The van der Waals surface area contributed by atoms with Crippen molar-refractivity contribution in [2.75, 3.05) is 0 Å². The standard InChI is InChI=1S/C15H12ClNO5S/c1-9-8-10(16)6-7-11(9)14(18)17-23(19,20)15-21-12-4-2-3-5-13(12)22-15/h2-8,15H,1H3,(H,17,18). The molecule has 1 heterocycles. The number of amides is 1. The van der Waals surface area contributed by atoms with Crippen molar-refractivity contribution in [3.63, 3.8) is 0 Å². The van der Waals surface area contributed by atoms with E-state index >= 15 is 0 Å². The van der Waals surface area contributed by atoms with Crippen LogP contribution in [-0.4, -0.2) is 19.9 Å². The van der Waals surface area contributed by atoms with E-state index in [1.165, 1.54) is 12.1 Å². The Balaban J connectivity index is 1.78. The zero-order chi connectivity index (χ0) is 16.6. The topological polar surface area (TPSA) is 81.7 Å². The lowest BCUT2D eigenvalue weighted by Crippen LogP contribution is -2.42. The molecular formula is C15H12ClNO5S. The molecule has 0 unspecified atom stereocenters. The molecule has 0 atom stereocenters. The summed E-state index contributed by atoms with van der Waals surface area (Å²) in [5.41, 5.74) is -0.855. The van der Waals surface area contributed by atoms with Crippen molar-refractivity contribution < 1.29 is 22.7 Å². The number of hydrogen-bond acceptors (Lipinski definition) is 5. The summed E-state index contributed by atoms with van der Waals surface area (Å²) in [6.07, 6.45) is 0. The number of benzene rings is 2. The van der Waals surface area contributed by atoms with Gasteiger partial charge in [-0.2, -0.15) is 8.42 Å². The summed E-state index contributed by atoms with van der Waals surface area (Å²) in [6.45, 7) is 1.66. The third-order valence-electron chi connectivity index (χ3n) is 3.22. The minimum Gasteiger partial charge on any atom is -0.437 e. The molecule has 120 valence electrons. The molecule has 1 amide bonds. The van der Waals surface area contributed by atoms with E-state index in [9.17, 15) is 13.2 Å². The fraction of sp³-hybridized carbons (Fsp3) is 0.133. The number of halogens is 1. The van der Waals surface area contributed by atoms with Gasteiger partial charge in [0.2, 0.25) is 0 Å². The van der Waals surface area contributed by atoms with Crippen LogP contribution in [0.25, 0.3) is 0 Å². The highest BCUT2D eigenvalue weighted by Gasteiger charge is 2.37. The van der Waals surface area contributed by atoms with Crippen molar-refractivity contribution in [3.8, 4) is 11.5 Å². The third kappa shape index (κ3) is 3.11. The summed E-state index contributed by atoms with van der Waals surface area (Å²) in [6, 6.07) is 11.1. The van der Waals surface area contributed by atoms with Crippen LogP contribution in [0.5, 0.6) is 11.5 Å². The second-order valence-corrected chi connectivity index (χ2v) is 7.02. The van der Waals surface area contributed by atoms with Gasteiger partial charge in [-0.25, -0.2) is 4.72 Å². The van der Waals surface area contributed by atoms with Gasteiger partial charge >= 0.3 is 15.6 Å². The SMILES string of the molecule is Cc1cc(Cl)ccc1C(=O)NS(=O)(=O)C1Oc2ccccc2O1. The molecule has 2 aromatic rings. The summed E-state index contributed by atoms with van der Waals surface area (Å²) in [5.74, 6) is -0.168. The molecule has 6 nitrogen and oxygen atoms in total. The van der Waals surface area contributed by atoms with E-state index in [2.05, 4.69) is 0 Å². The highest BCUT2D eigenvalue weighted by molar-refractivity contribution is 7.90. The Hall–Kier alpha value is -2.25. The first kappa shape index (κ1) is 15.6. The van der Waals surface area contributed by atoms with Gasteiger partial charge in [0.25, 0.3) is 5.91 Å². The van der Waals surface area contributed by atoms with Crippen LogP contribution in [-0.2, 0) is 10.0 Å². The Labute approximate surface area is 138 Å². The lowest BCUT2D eigenvalue weighted by atomic mass is 10.1. The Morgan fingerprint density at radius 2 is 1.74 bits per heavy atom. The van der Waals surface area contributed by atoms with Crippen molar-refractivity contribution in [1.29, 1.82) is 0 Å². The molecule has 0 saturated carbocycles. The monoisotopic (exact) mass is 353 g/mol. The molecule has 0 aliphatic carbocycles. The van der Waals surface area contributed by atoms with E-state index in [4.69, 9.17) is 21.1 Å². The molecule has 8 heteroatoms. The lowest BCUT2D eigenvalue weighted by Gasteiger charge is -2.13. The van der Waals surface area contributed by atoms with Gasteiger partial charge in [0, 0.05) is 10.6 Å². The van der Waals surface area contributed by atoms with Gasteiger partial charge in [0.1, 0.15) is 0 Å². The predicted octanol–water partition coefficient (Wildman–Crippen LogP) is 2.46. The van der Waals surface area contributed by atoms with Crippen molar-refractivity contribution in [2.45, 2.75) is 12.5 Å². The molecular weight excluding hydrogens is 342 g/mol. The minimum atomic E-state index is -4.18. The summed E-state index contributed by atoms with van der Waals surface area (Å²) in [4.78, 5) is 12.2. The molecule has 0 saturated heterocycles. The number of fused-ring (bicyclic) bond motifs is 1. The van der Waals surface area contributed by atoms with Crippen molar-refractivity contribution in [3.05, 3.63) is 58.6 Å².